The van der Waals surface area contributed by atoms with E-state index < -0.39 is 5.97 Å². The van der Waals surface area contributed by atoms with Gasteiger partial charge in [0.05, 0.1) is 0 Å². The van der Waals surface area contributed by atoms with Crippen LogP contribution in [0.5, 0.6) is 0 Å². The van der Waals surface area contributed by atoms with Crippen molar-refractivity contribution < 1.29 is 39.5 Å². The van der Waals surface area contributed by atoms with Crippen molar-refractivity contribution in [2.75, 3.05) is 20.6 Å². The zero-order valence-electron chi connectivity index (χ0n) is 16.0. The molecular weight excluding hydrogens is 285 g/mol. The third kappa shape index (κ3) is 32.4. The first-order valence-electron chi connectivity index (χ1n) is 8.89. The number of hydrogen-bond donors (Lipinski definition) is 0. The van der Waals surface area contributed by atoms with Gasteiger partial charge in [-0.2, -0.15) is 0 Å². The predicted octanol–water partition coefficient (Wildman–Crippen LogP) is 1.01. The van der Waals surface area contributed by atoms with Crippen LogP contribution in [0.3, 0.4) is 0 Å². The average molecular weight is 323 g/mol. The van der Waals surface area contributed by atoms with Gasteiger partial charge in [-0.3, -0.25) is 0 Å². The molecule has 0 saturated heterocycles. The number of carbonyl (C=O) groups excluding carboxylic acids is 1. The summed E-state index contributed by atoms with van der Waals surface area (Å²) in [6.45, 7) is 5.34. The number of carbonyl (C=O) groups is 1. The molecule has 0 aromatic carbocycles. The maximum Gasteiger partial charge on any atom is 1.00 e. The van der Waals surface area contributed by atoms with E-state index in [1.807, 2.05) is 0 Å². The van der Waals surface area contributed by atoms with Crippen molar-refractivity contribution in [2.45, 2.75) is 90.9 Å². The maximum absolute atomic E-state index is 9.49. The van der Waals surface area contributed by atoms with Crippen molar-refractivity contribution in [2.24, 2.45) is 0 Å². The van der Waals surface area contributed by atoms with Crippen LogP contribution in [0.15, 0.2) is 0 Å². The fourth-order valence-corrected chi connectivity index (χ4v) is 2.12. The minimum Gasteiger partial charge on any atom is -0.550 e. The van der Waals surface area contributed by atoms with Crippen LogP contribution in [-0.4, -0.2) is 31.5 Å². The number of aliphatic carboxylic acids is 1. The molecule has 0 aromatic rings. The van der Waals surface area contributed by atoms with Gasteiger partial charge in [0.15, 0.2) is 0 Å². The second-order valence-electron chi connectivity index (χ2n) is 6.11. The Morgan fingerprint density at radius 1 is 0.773 bits per heavy atom. The van der Waals surface area contributed by atoms with Crippen molar-refractivity contribution in [3.05, 3.63) is 0 Å². The summed E-state index contributed by atoms with van der Waals surface area (Å²) in [4.78, 5) is 11.8. The van der Waals surface area contributed by atoms with Crippen molar-refractivity contribution in [1.29, 1.82) is 0 Å². The Labute approximate surface area is 161 Å². The molecule has 0 aliphatic carbocycles. The molecule has 0 bridgehead atoms. The number of nitrogens with zero attached hydrogens (tertiary/aromatic N) is 1. The fourth-order valence-electron chi connectivity index (χ4n) is 2.12. The van der Waals surface area contributed by atoms with E-state index in [1.54, 1.807) is 6.92 Å². The fraction of sp³-hybridized carbons (Fsp3) is 0.944. The SMILES string of the molecule is CCCC(=O)[O-].CCCCCCCCCCCCN(C)C.[Na+]. The van der Waals surface area contributed by atoms with Crippen LogP contribution in [-0.2, 0) is 4.79 Å². The molecular formula is C18H38NNaO2. The van der Waals surface area contributed by atoms with E-state index in [-0.39, 0.29) is 36.0 Å². The summed E-state index contributed by atoms with van der Waals surface area (Å²) in [7, 11) is 4.32. The van der Waals surface area contributed by atoms with Gasteiger partial charge in [-0.05, 0) is 33.5 Å². The summed E-state index contributed by atoms with van der Waals surface area (Å²) >= 11 is 0. The maximum atomic E-state index is 9.49. The Morgan fingerprint density at radius 3 is 1.45 bits per heavy atom. The molecule has 0 fully saturated rings. The van der Waals surface area contributed by atoms with Crippen molar-refractivity contribution >= 4 is 5.97 Å². The molecule has 0 aliphatic heterocycles. The molecule has 0 radical (unpaired) electrons. The van der Waals surface area contributed by atoms with Crippen LogP contribution >= 0.6 is 0 Å². The molecule has 22 heavy (non-hydrogen) atoms. The Morgan fingerprint density at radius 2 is 1.18 bits per heavy atom. The van der Waals surface area contributed by atoms with Gasteiger partial charge in [0.1, 0.15) is 0 Å². The molecule has 3 nitrogen and oxygen atoms in total. The molecule has 4 heteroatoms. The molecule has 0 N–H and O–H groups in total. The number of hydrogen-bond acceptors (Lipinski definition) is 3. The van der Waals surface area contributed by atoms with Gasteiger partial charge in [0, 0.05) is 5.97 Å². The van der Waals surface area contributed by atoms with Crippen LogP contribution in [0.2, 0.25) is 0 Å². The summed E-state index contributed by atoms with van der Waals surface area (Å²) in [5, 5.41) is 9.49. The predicted molar refractivity (Wildman–Crippen MR) is 90.3 cm³/mol. The monoisotopic (exact) mass is 323 g/mol. The third-order valence-electron chi connectivity index (χ3n) is 3.41. The van der Waals surface area contributed by atoms with Gasteiger partial charge in [0.25, 0.3) is 0 Å². The van der Waals surface area contributed by atoms with Crippen molar-refractivity contribution in [3.8, 4) is 0 Å². The van der Waals surface area contributed by atoms with Gasteiger partial charge in [0.2, 0.25) is 0 Å². The molecule has 0 rings (SSSR count). The van der Waals surface area contributed by atoms with E-state index in [9.17, 15) is 9.90 Å². The third-order valence-corrected chi connectivity index (χ3v) is 3.41. The molecule has 128 valence electrons. The van der Waals surface area contributed by atoms with Gasteiger partial charge < -0.3 is 14.8 Å². The molecule has 0 atom stereocenters. The number of rotatable bonds is 13. The number of unbranched alkanes of at least 4 members (excludes halogenated alkanes) is 9. The second kappa shape index (κ2) is 23.7. The smallest absolute Gasteiger partial charge is 0.550 e. The summed E-state index contributed by atoms with van der Waals surface area (Å²) in [5.41, 5.74) is 0. The van der Waals surface area contributed by atoms with Gasteiger partial charge >= 0.3 is 29.6 Å². The molecule has 0 unspecified atom stereocenters. The van der Waals surface area contributed by atoms with E-state index in [2.05, 4.69) is 25.9 Å². The molecule has 0 aliphatic rings. The largest absolute Gasteiger partial charge is 1.00 e. The summed E-state index contributed by atoms with van der Waals surface area (Å²) in [5.74, 6) is -0.961. The zero-order valence-corrected chi connectivity index (χ0v) is 18.0. The van der Waals surface area contributed by atoms with E-state index in [0.717, 1.165) is 0 Å². The van der Waals surface area contributed by atoms with Crippen LogP contribution < -0.4 is 34.7 Å². The Bertz CT molecular complexity index is 211. The Hall–Kier alpha value is 0.430. The Balaban J connectivity index is -0.000000439. The zero-order chi connectivity index (χ0) is 16.3. The van der Waals surface area contributed by atoms with Crippen LogP contribution in [0.4, 0.5) is 0 Å². The average Bonchev–Trinajstić information content (AvgIpc) is 2.41. The van der Waals surface area contributed by atoms with Gasteiger partial charge in [-0.25, -0.2) is 0 Å². The summed E-state index contributed by atoms with van der Waals surface area (Å²) in [6.07, 6.45) is 15.2. The normalized spacial score (nSPS) is 9.86. The molecule has 0 saturated carbocycles. The van der Waals surface area contributed by atoms with Crippen LogP contribution in [0.1, 0.15) is 90.9 Å². The summed E-state index contributed by atoms with van der Waals surface area (Å²) in [6, 6.07) is 0. The standard InChI is InChI=1S/C14H31N.C4H8O2.Na/c1-4-5-6-7-8-9-10-11-12-13-14-15(2)3;1-2-3-4(5)6;/h4-14H2,1-3H3;2-3H2,1H3,(H,5,6);/q;;+1/p-1. The van der Waals surface area contributed by atoms with Crippen molar-refractivity contribution in [3.63, 3.8) is 0 Å². The quantitative estimate of drug-likeness (QED) is 0.375. The second-order valence-corrected chi connectivity index (χ2v) is 6.11. The van der Waals surface area contributed by atoms with E-state index >= 15 is 0 Å². The first-order valence-corrected chi connectivity index (χ1v) is 8.89. The van der Waals surface area contributed by atoms with Crippen molar-refractivity contribution in [1.82, 2.24) is 4.90 Å². The topological polar surface area (TPSA) is 43.4 Å². The summed E-state index contributed by atoms with van der Waals surface area (Å²) < 4.78 is 0. The molecule has 0 amide bonds. The minimum absolute atomic E-state index is 0. The number of carboxylic acids is 1. The van der Waals surface area contributed by atoms with E-state index in [1.165, 1.54) is 70.8 Å². The van der Waals surface area contributed by atoms with E-state index in [0.29, 0.717) is 6.42 Å². The minimum atomic E-state index is -0.961. The molecule has 0 spiro atoms. The Kier molecular flexibility index (Phi) is 29.4. The first kappa shape index (κ1) is 27.3. The van der Waals surface area contributed by atoms with Crippen LogP contribution in [0, 0.1) is 0 Å². The van der Waals surface area contributed by atoms with Gasteiger partial charge in [-0.1, -0.05) is 78.1 Å². The molecule has 0 aromatic heterocycles. The van der Waals surface area contributed by atoms with Crippen LogP contribution in [0.25, 0.3) is 0 Å². The van der Waals surface area contributed by atoms with E-state index in [4.69, 9.17) is 0 Å². The first-order chi connectivity index (χ1) is 10.0. The number of carboxylic acid groups (broad SMARTS) is 1. The van der Waals surface area contributed by atoms with Gasteiger partial charge in [-0.15, -0.1) is 0 Å². The molecule has 0 heterocycles.